The van der Waals surface area contributed by atoms with Crippen LogP contribution in [0, 0.1) is 0 Å². The van der Waals surface area contributed by atoms with Crippen molar-refractivity contribution in [2.45, 2.75) is 13.8 Å². The van der Waals surface area contributed by atoms with Gasteiger partial charge < -0.3 is 19.3 Å². The number of hydrogen-bond acceptors (Lipinski definition) is 7. The molecule has 0 unspecified atom stereocenters. The third-order valence-corrected chi connectivity index (χ3v) is 2.53. The maximum Gasteiger partial charge on any atom is 0.338 e. The van der Waals surface area contributed by atoms with Gasteiger partial charge in [0.05, 0.1) is 12.7 Å². The molecule has 7 nitrogen and oxygen atoms in total. The minimum atomic E-state index is -0.540. The van der Waals surface area contributed by atoms with Crippen molar-refractivity contribution in [3.8, 4) is 5.75 Å². The van der Waals surface area contributed by atoms with Crippen LogP contribution in [0.5, 0.6) is 5.75 Å². The zero-order chi connectivity index (χ0) is 19.4. The smallest absolute Gasteiger partial charge is 0.338 e. The monoisotopic (exact) mass is 350 g/mol. The first-order chi connectivity index (χ1) is 11.7. The molecule has 0 aliphatic rings. The Morgan fingerprint density at radius 1 is 0.920 bits per heavy atom. The van der Waals surface area contributed by atoms with Crippen molar-refractivity contribution < 1.29 is 33.7 Å². The van der Waals surface area contributed by atoms with Gasteiger partial charge in [-0.25, -0.2) is 14.4 Å². The number of rotatable bonds is 6. The molecule has 0 aliphatic carbocycles. The van der Waals surface area contributed by atoms with Crippen molar-refractivity contribution in [2.75, 3.05) is 20.3 Å². The van der Waals surface area contributed by atoms with E-state index in [1.807, 2.05) is 0 Å². The van der Waals surface area contributed by atoms with Crippen LogP contribution in [0.3, 0.4) is 0 Å². The third-order valence-electron chi connectivity index (χ3n) is 2.53. The molecule has 7 heteroatoms. The second-order valence-corrected chi connectivity index (χ2v) is 4.87. The molecule has 1 N–H and O–H groups in total. The summed E-state index contributed by atoms with van der Waals surface area (Å²) in [4.78, 5) is 32.7. The van der Waals surface area contributed by atoms with Crippen LogP contribution < -0.4 is 0 Å². The second-order valence-electron chi connectivity index (χ2n) is 4.87. The summed E-state index contributed by atoms with van der Waals surface area (Å²) in [7, 11) is 1.33. The van der Waals surface area contributed by atoms with Crippen molar-refractivity contribution in [1.82, 2.24) is 0 Å². The van der Waals surface area contributed by atoms with E-state index in [1.54, 1.807) is 6.92 Å². The summed E-state index contributed by atoms with van der Waals surface area (Å²) in [5.74, 6) is -1.33. The Bertz CT molecular complexity index is 629. The Morgan fingerprint density at radius 2 is 1.40 bits per heavy atom. The van der Waals surface area contributed by atoms with E-state index >= 15 is 0 Å². The van der Waals surface area contributed by atoms with E-state index in [0.717, 1.165) is 0 Å². The lowest BCUT2D eigenvalue weighted by Gasteiger charge is -2.06. The number of methoxy groups -OCH3 is 1. The highest BCUT2D eigenvalue weighted by atomic mass is 16.6. The molecule has 0 aliphatic heterocycles. The maximum absolute atomic E-state index is 11.5. The number of phenols is 1. The average Bonchev–Trinajstić information content (AvgIpc) is 2.58. The fourth-order valence-corrected chi connectivity index (χ4v) is 1.25. The molecule has 0 saturated carbocycles. The van der Waals surface area contributed by atoms with E-state index in [9.17, 15) is 14.4 Å². The van der Waals surface area contributed by atoms with Gasteiger partial charge in [0, 0.05) is 11.1 Å². The molecule has 0 atom stereocenters. The molecule has 25 heavy (non-hydrogen) atoms. The van der Waals surface area contributed by atoms with Crippen LogP contribution in [0.4, 0.5) is 0 Å². The highest BCUT2D eigenvalue weighted by Crippen LogP contribution is 2.10. The number of carbonyl (C=O) groups is 3. The Labute approximate surface area is 146 Å². The molecular weight excluding hydrogens is 328 g/mol. The molecule has 0 heterocycles. The van der Waals surface area contributed by atoms with Gasteiger partial charge in [0.1, 0.15) is 19.0 Å². The fraction of sp³-hybridized carbons (Fsp3) is 0.278. The summed E-state index contributed by atoms with van der Waals surface area (Å²) in [6.45, 7) is 9.86. The predicted octanol–water partition coefficient (Wildman–Crippen LogP) is 2.40. The first-order valence-corrected chi connectivity index (χ1v) is 7.21. The third kappa shape index (κ3) is 9.60. The summed E-state index contributed by atoms with van der Waals surface area (Å²) in [6.07, 6.45) is 0. The van der Waals surface area contributed by atoms with Gasteiger partial charge in [0.25, 0.3) is 0 Å². The fourth-order valence-electron chi connectivity index (χ4n) is 1.25. The van der Waals surface area contributed by atoms with Crippen LogP contribution in [0.25, 0.3) is 0 Å². The maximum atomic E-state index is 11.5. The summed E-state index contributed by atoms with van der Waals surface area (Å²) >= 11 is 0. The van der Waals surface area contributed by atoms with Crippen LogP contribution in [0.2, 0.25) is 0 Å². The molecule has 136 valence electrons. The highest BCUT2D eigenvalue weighted by Gasteiger charge is 2.08. The zero-order valence-corrected chi connectivity index (χ0v) is 14.5. The van der Waals surface area contributed by atoms with Crippen molar-refractivity contribution in [3.63, 3.8) is 0 Å². The predicted molar refractivity (Wildman–Crippen MR) is 91.0 cm³/mol. The van der Waals surface area contributed by atoms with Crippen molar-refractivity contribution in [2.24, 2.45) is 0 Å². The van der Waals surface area contributed by atoms with Gasteiger partial charge in [0.15, 0.2) is 0 Å². The number of carbonyl (C=O) groups excluding carboxylic acids is 3. The van der Waals surface area contributed by atoms with Gasteiger partial charge in [-0.05, 0) is 38.1 Å². The average molecular weight is 350 g/mol. The molecule has 0 bridgehead atoms. The van der Waals surface area contributed by atoms with Crippen LogP contribution in [0.15, 0.2) is 48.6 Å². The SMILES string of the molecule is C=C(C)C(=O)OC.C=C(C)C(=O)OCCOC(=O)c1ccc(O)cc1. The number of ether oxygens (including phenoxy) is 3. The second kappa shape index (κ2) is 11.4. The van der Waals surface area contributed by atoms with Gasteiger partial charge in [-0.1, -0.05) is 13.2 Å². The first kappa shape index (κ1) is 21.9. The van der Waals surface area contributed by atoms with E-state index in [0.29, 0.717) is 16.7 Å². The van der Waals surface area contributed by atoms with E-state index < -0.39 is 11.9 Å². The normalized spacial score (nSPS) is 9.08. The Balaban J connectivity index is 0.000000697. The summed E-state index contributed by atoms with van der Waals surface area (Å²) in [5.41, 5.74) is 1.04. The minimum absolute atomic E-state index is 0.0183. The Morgan fingerprint density at radius 3 is 1.80 bits per heavy atom. The molecule has 0 amide bonds. The van der Waals surface area contributed by atoms with E-state index in [1.165, 1.54) is 38.3 Å². The Hall–Kier alpha value is -3.09. The number of esters is 3. The van der Waals surface area contributed by atoms with E-state index in [4.69, 9.17) is 14.6 Å². The van der Waals surface area contributed by atoms with Gasteiger partial charge in [-0.3, -0.25) is 0 Å². The van der Waals surface area contributed by atoms with Gasteiger partial charge in [0.2, 0.25) is 0 Å². The largest absolute Gasteiger partial charge is 0.508 e. The molecule has 1 rings (SSSR count). The molecule has 1 aromatic rings. The van der Waals surface area contributed by atoms with E-state index in [2.05, 4.69) is 17.9 Å². The van der Waals surface area contributed by atoms with Crippen molar-refractivity contribution in [1.29, 1.82) is 0 Å². The number of phenolic OH excluding ortho intramolecular Hbond substituents is 1. The molecule has 0 saturated heterocycles. The minimum Gasteiger partial charge on any atom is -0.508 e. The van der Waals surface area contributed by atoms with Crippen LogP contribution >= 0.6 is 0 Å². The lowest BCUT2D eigenvalue weighted by Crippen LogP contribution is -2.14. The summed E-state index contributed by atoms with van der Waals surface area (Å²) in [6, 6.07) is 5.66. The highest BCUT2D eigenvalue weighted by molar-refractivity contribution is 5.89. The Kier molecular flexibility index (Phi) is 10.0. The lowest BCUT2D eigenvalue weighted by atomic mass is 10.2. The van der Waals surface area contributed by atoms with Gasteiger partial charge >= 0.3 is 17.9 Å². The van der Waals surface area contributed by atoms with E-state index in [-0.39, 0.29) is 24.9 Å². The van der Waals surface area contributed by atoms with Crippen LogP contribution in [-0.4, -0.2) is 43.3 Å². The summed E-state index contributed by atoms with van der Waals surface area (Å²) < 4.78 is 13.9. The number of benzene rings is 1. The van der Waals surface area contributed by atoms with Crippen LogP contribution in [-0.2, 0) is 23.8 Å². The van der Waals surface area contributed by atoms with Crippen molar-refractivity contribution >= 4 is 17.9 Å². The summed E-state index contributed by atoms with van der Waals surface area (Å²) in [5, 5.41) is 9.05. The molecule has 1 aromatic carbocycles. The molecular formula is C18H22O7. The standard InChI is InChI=1S/C13H14O5.C5H8O2/c1-9(2)12(15)17-7-8-18-13(16)10-3-5-11(14)6-4-10;1-4(2)5(6)7-3/h3-6,14H,1,7-8H2,2H3;1H2,2-3H3. The number of aromatic hydroxyl groups is 1. The topological polar surface area (TPSA) is 99.1 Å². The van der Waals surface area contributed by atoms with Crippen molar-refractivity contribution in [3.05, 3.63) is 54.1 Å². The zero-order valence-electron chi connectivity index (χ0n) is 14.5. The number of hydrogen-bond donors (Lipinski definition) is 1. The lowest BCUT2D eigenvalue weighted by molar-refractivity contribution is -0.140. The first-order valence-electron chi connectivity index (χ1n) is 7.21. The van der Waals surface area contributed by atoms with Gasteiger partial charge in [-0.15, -0.1) is 0 Å². The molecule has 0 radical (unpaired) electrons. The quantitative estimate of drug-likeness (QED) is 0.364. The molecule has 0 spiro atoms. The van der Waals surface area contributed by atoms with Crippen LogP contribution in [0.1, 0.15) is 24.2 Å². The van der Waals surface area contributed by atoms with Gasteiger partial charge in [-0.2, -0.15) is 0 Å². The molecule has 0 aromatic heterocycles. The molecule has 0 fully saturated rings.